The van der Waals surface area contributed by atoms with E-state index >= 15 is 0 Å². The zero-order chi connectivity index (χ0) is 21.1. The molecule has 1 heterocycles. The average molecular weight is 422 g/mol. The molecule has 4 aromatic rings. The van der Waals surface area contributed by atoms with E-state index in [0.29, 0.717) is 28.9 Å². The first-order chi connectivity index (χ1) is 14.5. The number of hydrogen-bond donors (Lipinski definition) is 1. The van der Waals surface area contributed by atoms with Gasteiger partial charge in [-0.05, 0) is 42.0 Å². The van der Waals surface area contributed by atoms with Crippen molar-refractivity contribution >= 4 is 28.5 Å². The summed E-state index contributed by atoms with van der Waals surface area (Å²) in [6.07, 6.45) is 0. The van der Waals surface area contributed by atoms with Crippen molar-refractivity contribution in [1.29, 1.82) is 0 Å². The lowest BCUT2D eigenvalue weighted by molar-refractivity contribution is 0.0995. The molecule has 0 atom stereocenters. The molecule has 0 radical (unpaired) electrons. The number of methoxy groups -OCH3 is 1. The molecule has 0 saturated heterocycles. The molecule has 0 saturated carbocycles. The zero-order valence-electron chi connectivity index (χ0n) is 16.3. The smallest absolute Gasteiger partial charge is 0.252 e. The van der Waals surface area contributed by atoms with Gasteiger partial charge in [-0.1, -0.05) is 41.9 Å². The van der Waals surface area contributed by atoms with Crippen molar-refractivity contribution in [3.63, 3.8) is 0 Å². The van der Waals surface area contributed by atoms with Crippen LogP contribution in [-0.2, 0) is 13.2 Å². The van der Waals surface area contributed by atoms with Crippen LogP contribution in [0.3, 0.4) is 0 Å². The van der Waals surface area contributed by atoms with Crippen molar-refractivity contribution in [2.45, 2.75) is 13.2 Å². The first-order valence-corrected chi connectivity index (χ1v) is 9.72. The summed E-state index contributed by atoms with van der Waals surface area (Å²) in [6, 6.07) is 20.6. The maximum Gasteiger partial charge on any atom is 0.252 e. The fraction of sp³-hybridized carbons (Fsp3) is 0.130. The van der Waals surface area contributed by atoms with E-state index < -0.39 is 5.91 Å². The Balaban J connectivity index is 1.69. The Labute approximate surface area is 178 Å². The molecular formula is C23H20ClN3O3. The Morgan fingerprint density at radius 1 is 1.10 bits per heavy atom. The Morgan fingerprint density at radius 3 is 2.63 bits per heavy atom. The van der Waals surface area contributed by atoms with Gasteiger partial charge in [0.2, 0.25) is 0 Å². The first kappa shape index (κ1) is 19.8. The number of carbonyl (C=O) groups is 1. The van der Waals surface area contributed by atoms with Crippen LogP contribution in [0.2, 0.25) is 5.02 Å². The standard InChI is InChI=1S/C23H20ClN3O3/c1-29-17-8-10-21(18(12-17)23(25)28)30-14-22-26-19-11-16(24)7-9-20(19)27(22)13-15-5-3-2-4-6-15/h2-12H,13-14H2,1H3,(H2,25,28). The van der Waals surface area contributed by atoms with E-state index in [-0.39, 0.29) is 12.2 Å². The predicted octanol–water partition coefficient (Wildman–Crippen LogP) is 4.42. The highest BCUT2D eigenvalue weighted by molar-refractivity contribution is 6.31. The molecule has 3 aromatic carbocycles. The fourth-order valence-electron chi connectivity index (χ4n) is 3.30. The highest BCUT2D eigenvalue weighted by Crippen LogP contribution is 2.26. The molecule has 4 rings (SSSR count). The predicted molar refractivity (Wildman–Crippen MR) is 116 cm³/mol. The number of ether oxygens (including phenoxy) is 2. The van der Waals surface area contributed by atoms with E-state index in [1.807, 2.05) is 36.4 Å². The molecule has 0 aliphatic carbocycles. The van der Waals surface area contributed by atoms with Gasteiger partial charge in [-0.25, -0.2) is 4.98 Å². The number of halogens is 1. The van der Waals surface area contributed by atoms with Crippen LogP contribution >= 0.6 is 11.6 Å². The molecular weight excluding hydrogens is 402 g/mol. The van der Waals surface area contributed by atoms with E-state index in [1.54, 1.807) is 18.2 Å². The Hall–Kier alpha value is -3.51. The zero-order valence-corrected chi connectivity index (χ0v) is 17.1. The summed E-state index contributed by atoms with van der Waals surface area (Å²) in [7, 11) is 1.53. The third-order valence-electron chi connectivity index (χ3n) is 4.78. The van der Waals surface area contributed by atoms with Gasteiger partial charge in [-0.2, -0.15) is 0 Å². The van der Waals surface area contributed by atoms with Crippen molar-refractivity contribution in [1.82, 2.24) is 9.55 Å². The largest absolute Gasteiger partial charge is 0.497 e. The second-order valence-corrected chi connectivity index (χ2v) is 7.18. The van der Waals surface area contributed by atoms with Gasteiger partial charge in [0.15, 0.2) is 0 Å². The van der Waals surface area contributed by atoms with Crippen LogP contribution in [-0.4, -0.2) is 22.6 Å². The molecule has 0 bridgehead atoms. The summed E-state index contributed by atoms with van der Waals surface area (Å²) in [5.74, 6) is 1.03. The number of imidazole rings is 1. The molecule has 30 heavy (non-hydrogen) atoms. The molecule has 152 valence electrons. The molecule has 0 aliphatic heterocycles. The van der Waals surface area contributed by atoms with Gasteiger partial charge in [0.1, 0.15) is 23.9 Å². The minimum atomic E-state index is -0.589. The second-order valence-electron chi connectivity index (χ2n) is 6.75. The van der Waals surface area contributed by atoms with Gasteiger partial charge in [0.25, 0.3) is 5.91 Å². The van der Waals surface area contributed by atoms with E-state index in [4.69, 9.17) is 31.8 Å². The Kier molecular flexibility index (Phi) is 5.59. The molecule has 0 fully saturated rings. The lowest BCUT2D eigenvalue weighted by atomic mass is 10.2. The van der Waals surface area contributed by atoms with E-state index in [9.17, 15) is 4.79 Å². The molecule has 2 N–H and O–H groups in total. The summed E-state index contributed by atoms with van der Waals surface area (Å²) in [5.41, 5.74) is 8.62. The average Bonchev–Trinajstić information content (AvgIpc) is 3.09. The Bertz CT molecular complexity index is 1210. The van der Waals surface area contributed by atoms with Crippen molar-refractivity contribution in [2.75, 3.05) is 7.11 Å². The number of amides is 1. The Morgan fingerprint density at radius 2 is 1.90 bits per heavy atom. The van der Waals surface area contributed by atoms with Crippen LogP contribution in [0, 0.1) is 0 Å². The van der Waals surface area contributed by atoms with Crippen molar-refractivity contribution in [3.05, 3.63) is 88.7 Å². The third kappa shape index (κ3) is 4.09. The fourth-order valence-corrected chi connectivity index (χ4v) is 3.47. The second kappa shape index (κ2) is 8.47. The number of hydrogen-bond acceptors (Lipinski definition) is 4. The molecule has 6 nitrogen and oxygen atoms in total. The lowest BCUT2D eigenvalue weighted by Gasteiger charge is -2.13. The van der Waals surface area contributed by atoms with Crippen LogP contribution in [0.5, 0.6) is 11.5 Å². The van der Waals surface area contributed by atoms with Crippen molar-refractivity contribution < 1.29 is 14.3 Å². The molecule has 1 aromatic heterocycles. The van der Waals surface area contributed by atoms with E-state index in [1.165, 1.54) is 7.11 Å². The normalized spacial score (nSPS) is 10.9. The molecule has 0 unspecified atom stereocenters. The highest BCUT2D eigenvalue weighted by atomic mass is 35.5. The first-order valence-electron chi connectivity index (χ1n) is 9.34. The summed E-state index contributed by atoms with van der Waals surface area (Å²) >= 11 is 6.15. The maximum absolute atomic E-state index is 11.8. The van der Waals surface area contributed by atoms with E-state index in [2.05, 4.69) is 16.7 Å². The van der Waals surface area contributed by atoms with Gasteiger partial charge in [0.05, 0.1) is 23.7 Å². The summed E-state index contributed by atoms with van der Waals surface area (Å²) in [4.78, 5) is 16.5. The van der Waals surface area contributed by atoms with Gasteiger partial charge in [-0.3, -0.25) is 4.79 Å². The monoisotopic (exact) mass is 421 g/mol. The number of carbonyl (C=O) groups excluding carboxylic acids is 1. The SMILES string of the molecule is COc1ccc(OCc2nc3cc(Cl)ccc3n2Cc2ccccc2)c(C(N)=O)c1. The summed E-state index contributed by atoms with van der Waals surface area (Å²) in [6.45, 7) is 0.786. The minimum absolute atomic E-state index is 0.158. The topological polar surface area (TPSA) is 79.4 Å². The van der Waals surface area contributed by atoms with Gasteiger partial charge < -0.3 is 19.8 Å². The summed E-state index contributed by atoms with van der Waals surface area (Å²) < 4.78 is 13.2. The molecule has 1 amide bonds. The minimum Gasteiger partial charge on any atom is -0.497 e. The number of fused-ring (bicyclic) bond motifs is 1. The van der Waals surface area contributed by atoms with Crippen LogP contribution < -0.4 is 15.2 Å². The molecule has 7 heteroatoms. The van der Waals surface area contributed by atoms with Crippen molar-refractivity contribution in [3.8, 4) is 11.5 Å². The number of aromatic nitrogens is 2. The van der Waals surface area contributed by atoms with Crippen molar-refractivity contribution in [2.24, 2.45) is 5.73 Å². The number of primary amides is 1. The molecule has 0 spiro atoms. The lowest BCUT2D eigenvalue weighted by Crippen LogP contribution is -2.14. The number of nitrogens with zero attached hydrogens (tertiary/aromatic N) is 2. The maximum atomic E-state index is 11.8. The van der Waals surface area contributed by atoms with Gasteiger partial charge in [0, 0.05) is 11.6 Å². The number of rotatable bonds is 7. The van der Waals surface area contributed by atoms with Crippen LogP contribution in [0.15, 0.2) is 66.7 Å². The van der Waals surface area contributed by atoms with Crippen LogP contribution in [0.1, 0.15) is 21.7 Å². The number of benzene rings is 3. The number of nitrogens with two attached hydrogens (primary N) is 1. The van der Waals surface area contributed by atoms with Gasteiger partial charge >= 0.3 is 0 Å². The molecule has 0 aliphatic rings. The van der Waals surface area contributed by atoms with Crippen LogP contribution in [0.4, 0.5) is 0 Å². The highest BCUT2D eigenvalue weighted by Gasteiger charge is 2.15. The van der Waals surface area contributed by atoms with E-state index in [0.717, 1.165) is 16.6 Å². The van der Waals surface area contributed by atoms with Gasteiger partial charge in [-0.15, -0.1) is 0 Å². The quantitative estimate of drug-likeness (QED) is 0.479. The van der Waals surface area contributed by atoms with Crippen LogP contribution in [0.25, 0.3) is 11.0 Å². The third-order valence-corrected chi connectivity index (χ3v) is 5.02. The summed E-state index contributed by atoms with van der Waals surface area (Å²) in [5, 5.41) is 0.616.